The molecule has 1 aliphatic heterocycles. The number of anilines is 1. The van der Waals surface area contributed by atoms with Gasteiger partial charge in [-0.1, -0.05) is 29.8 Å². The van der Waals surface area contributed by atoms with Crippen LogP contribution in [0.3, 0.4) is 0 Å². The predicted molar refractivity (Wildman–Crippen MR) is 106 cm³/mol. The number of primary sulfonamides is 1. The Morgan fingerprint density at radius 1 is 1.04 bits per heavy atom. The molecule has 0 radical (unpaired) electrons. The zero-order valence-electron chi connectivity index (χ0n) is 15.4. The molecule has 1 heterocycles. The third-order valence-electron chi connectivity index (χ3n) is 5.09. The summed E-state index contributed by atoms with van der Waals surface area (Å²) in [6, 6.07) is 16.3. The smallest absolute Gasteiger partial charge is 0.238 e. The minimum absolute atomic E-state index is 0.157. The van der Waals surface area contributed by atoms with Gasteiger partial charge in [-0.15, -0.1) is 0 Å². The molecule has 0 aromatic heterocycles. The van der Waals surface area contributed by atoms with Crippen molar-refractivity contribution in [3.8, 4) is 0 Å². The fourth-order valence-electron chi connectivity index (χ4n) is 3.46. The standard InChI is InChI=1S/C20H27N3O2S/c1-15-3-5-17(6-4-15)16(2)22-18-11-13-23(14-12-18)19-7-9-20(10-8-19)26(21,24)25/h3-10,16,18,22H,11-14H2,1-2H3,(H2,21,24,25). The van der Waals surface area contributed by atoms with Gasteiger partial charge in [0, 0.05) is 30.9 Å². The zero-order chi connectivity index (χ0) is 18.7. The lowest BCUT2D eigenvalue weighted by atomic mass is 10.0. The van der Waals surface area contributed by atoms with E-state index in [4.69, 9.17) is 5.14 Å². The van der Waals surface area contributed by atoms with Crippen LogP contribution in [-0.2, 0) is 10.0 Å². The zero-order valence-corrected chi connectivity index (χ0v) is 16.2. The molecule has 5 nitrogen and oxygen atoms in total. The van der Waals surface area contributed by atoms with Gasteiger partial charge in [0.05, 0.1) is 4.90 Å². The molecule has 140 valence electrons. The van der Waals surface area contributed by atoms with Crippen molar-refractivity contribution < 1.29 is 8.42 Å². The fraction of sp³-hybridized carbons (Fsp3) is 0.400. The van der Waals surface area contributed by atoms with Crippen LogP contribution in [0.15, 0.2) is 53.4 Å². The number of nitrogens with one attached hydrogen (secondary N) is 1. The van der Waals surface area contributed by atoms with Crippen molar-refractivity contribution in [2.75, 3.05) is 18.0 Å². The molecule has 1 aliphatic rings. The van der Waals surface area contributed by atoms with Gasteiger partial charge in [-0.05, 0) is 56.5 Å². The molecule has 1 saturated heterocycles. The Hall–Kier alpha value is -1.89. The molecule has 0 spiro atoms. The number of nitrogens with two attached hydrogens (primary N) is 1. The lowest BCUT2D eigenvalue weighted by molar-refractivity contribution is 0.381. The largest absolute Gasteiger partial charge is 0.371 e. The third-order valence-corrected chi connectivity index (χ3v) is 6.02. The van der Waals surface area contributed by atoms with Crippen LogP contribution < -0.4 is 15.4 Å². The highest BCUT2D eigenvalue weighted by Gasteiger charge is 2.21. The predicted octanol–water partition coefficient (Wildman–Crippen LogP) is 2.96. The molecule has 26 heavy (non-hydrogen) atoms. The van der Waals surface area contributed by atoms with Crippen molar-refractivity contribution >= 4 is 15.7 Å². The molecule has 0 saturated carbocycles. The summed E-state index contributed by atoms with van der Waals surface area (Å²) in [5, 5.41) is 8.89. The molecule has 1 atom stereocenters. The minimum atomic E-state index is -3.63. The Morgan fingerprint density at radius 2 is 1.62 bits per heavy atom. The first-order valence-corrected chi connectivity index (χ1v) is 10.6. The van der Waals surface area contributed by atoms with Gasteiger partial charge in [0.25, 0.3) is 0 Å². The summed E-state index contributed by atoms with van der Waals surface area (Å²) in [7, 11) is -3.63. The number of sulfonamides is 1. The van der Waals surface area contributed by atoms with Gasteiger partial charge in [-0.2, -0.15) is 0 Å². The molecule has 0 aliphatic carbocycles. The highest BCUT2D eigenvalue weighted by Crippen LogP contribution is 2.23. The van der Waals surface area contributed by atoms with Crippen molar-refractivity contribution in [2.24, 2.45) is 5.14 Å². The van der Waals surface area contributed by atoms with Gasteiger partial charge in [0.1, 0.15) is 0 Å². The number of hydrogen-bond acceptors (Lipinski definition) is 4. The lowest BCUT2D eigenvalue weighted by Crippen LogP contribution is -2.43. The van der Waals surface area contributed by atoms with Gasteiger partial charge in [0.2, 0.25) is 10.0 Å². The van der Waals surface area contributed by atoms with Crippen molar-refractivity contribution in [3.05, 3.63) is 59.7 Å². The van der Waals surface area contributed by atoms with Crippen LogP contribution in [0.25, 0.3) is 0 Å². The first-order valence-electron chi connectivity index (χ1n) is 9.03. The summed E-state index contributed by atoms with van der Waals surface area (Å²) in [5.41, 5.74) is 3.64. The van der Waals surface area contributed by atoms with Crippen LogP contribution in [0.2, 0.25) is 0 Å². The second-order valence-corrected chi connectivity index (χ2v) is 8.66. The van der Waals surface area contributed by atoms with E-state index < -0.39 is 10.0 Å². The number of nitrogens with zero attached hydrogens (tertiary/aromatic N) is 1. The van der Waals surface area contributed by atoms with Crippen LogP contribution in [0.5, 0.6) is 0 Å². The van der Waals surface area contributed by atoms with Gasteiger partial charge in [-0.3, -0.25) is 0 Å². The average molecular weight is 374 g/mol. The molecule has 0 amide bonds. The Bertz CT molecular complexity index is 824. The molecular formula is C20H27N3O2S. The molecule has 0 bridgehead atoms. The molecule has 1 unspecified atom stereocenters. The van der Waals surface area contributed by atoms with Crippen LogP contribution in [0.4, 0.5) is 5.69 Å². The summed E-state index contributed by atoms with van der Waals surface area (Å²) in [6.07, 6.45) is 2.13. The summed E-state index contributed by atoms with van der Waals surface area (Å²) in [5.74, 6) is 0. The minimum Gasteiger partial charge on any atom is -0.371 e. The monoisotopic (exact) mass is 373 g/mol. The van der Waals surface area contributed by atoms with Crippen LogP contribution in [0.1, 0.15) is 36.9 Å². The first-order chi connectivity index (χ1) is 12.3. The molecule has 3 N–H and O–H groups in total. The van der Waals surface area contributed by atoms with Gasteiger partial charge in [0.15, 0.2) is 0 Å². The summed E-state index contributed by atoms with van der Waals surface area (Å²) >= 11 is 0. The van der Waals surface area contributed by atoms with E-state index in [0.717, 1.165) is 31.6 Å². The van der Waals surface area contributed by atoms with E-state index in [-0.39, 0.29) is 4.90 Å². The number of hydrogen-bond donors (Lipinski definition) is 2. The second-order valence-electron chi connectivity index (χ2n) is 7.10. The van der Waals surface area contributed by atoms with Crippen LogP contribution in [0, 0.1) is 6.92 Å². The van der Waals surface area contributed by atoms with Crippen LogP contribution >= 0.6 is 0 Å². The van der Waals surface area contributed by atoms with Crippen molar-refractivity contribution in [2.45, 2.75) is 43.7 Å². The fourth-order valence-corrected chi connectivity index (χ4v) is 3.97. The average Bonchev–Trinajstić information content (AvgIpc) is 2.62. The summed E-state index contributed by atoms with van der Waals surface area (Å²) in [6.45, 7) is 6.22. The molecule has 6 heteroatoms. The Balaban J connectivity index is 1.54. The molecule has 1 fully saturated rings. The van der Waals surface area contributed by atoms with E-state index in [2.05, 4.69) is 48.3 Å². The van der Waals surface area contributed by atoms with E-state index in [1.165, 1.54) is 11.1 Å². The van der Waals surface area contributed by atoms with E-state index in [1.807, 2.05) is 12.1 Å². The number of benzene rings is 2. The summed E-state index contributed by atoms with van der Waals surface area (Å²) in [4.78, 5) is 2.45. The maximum Gasteiger partial charge on any atom is 0.238 e. The van der Waals surface area contributed by atoms with Crippen molar-refractivity contribution in [1.82, 2.24) is 5.32 Å². The SMILES string of the molecule is Cc1ccc(C(C)NC2CCN(c3ccc(S(N)(=O)=O)cc3)CC2)cc1. The highest BCUT2D eigenvalue weighted by atomic mass is 32.2. The molecular weight excluding hydrogens is 346 g/mol. The third kappa shape index (κ3) is 4.63. The maximum atomic E-state index is 11.4. The lowest BCUT2D eigenvalue weighted by Gasteiger charge is -2.35. The van der Waals surface area contributed by atoms with Gasteiger partial charge >= 0.3 is 0 Å². The number of aryl methyl sites for hydroxylation is 1. The number of rotatable bonds is 5. The van der Waals surface area contributed by atoms with E-state index in [1.54, 1.807) is 12.1 Å². The molecule has 2 aromatic rings. The van der Waals surface area contributed by atoms with Crippen molar-refractivity contribution in [3.63, 3.8) is 0 Å². The second kappa shape index (κ2) is 7.78. The first kappa shape index (κ1) is 18.9. The summed E-state index contributed by atoms with van der Waals surface area (Å²) < 4.78 is 22.7. The Morgan fingerprint density at radius 3 is 2.15 bits per heavy atom. The molecule has 2 aromatic carbocycles. The normalized spacial score (nSPS) is 17.3. The molecule has 3 rings (SSSR count). The Labute approximate surface area is 156 Å². The quantitative estimate of drug-likeness (QED) is 0.845. The topological polar surface area (TPSA) is 75.4 Å². The van der Waals surface area contributed by atoms with E-state index >= 15 is 0 Å². The van der Waals surface area contributed by atoms with Gasteiger partial charge < -0.3 is 10.2 Å². The van der Waals surface area contributed by atoms with Gasteiger partial charge in [-0.25, -0.2) is 13.6 Å². The van der Waals surface area contributed by atoms with Crippen molar-refractivity contribution in [1.29, 1.82) is 0 Å². The number of piperidine rings is 1. The van der Waals surface area contributed by atoms with E-state index in [0.29, 0.717) is 12.1 Å². The maximum absolute atomic E-state index is 11.4. The van der Waals surface area contributed by atoms with Crippen LogP contribution in [-0.4, -0.2) is 27.5 Å². The van der Waals surface area contributed by atoms with E-state index in [9.17, 15) is 8.42 Å². The Kier molecular flexibility index (Phi) is 5.65. The highest BCUT2D eigenvalue weighted by molar-refractivity contribution is 7.89.